The number of carbonyl (C=O) groups is 1. The van der Waals surface area contributed by atoms with Crippen LogP contribution in [0.15, 0.2) is 36.4 Å². The Balaban J connectivity index is 2.36. The predicted octanol–water partition coefficient (Wildman–Crippen LogP) is 3.98. The van der Waals surface area contributed by atoms with E-state index >= 15 is 0 Å². The summed E-state index contributed by atoms with van der Waals surface area (Å²) in [5, 5.41) is 0.473. The second-order valence-corrected chi connectivity index (χ2v) is 5.12. The summed E-state index contributed by atoms with van der Waals surface area (Å²) in [6.45, 7) is 3.58. The summed E-state index contributed by atoms with van der Waals surface area (Å²) < 4.78 is 10.3. The van der Waals surface area contributed by atoms with E-state index < -0.39 is 5.97 Å². The molecule has 0 N–H and O–H groups in total. The number of esters is 1. The molecule has 0 saturated carbocycles. The first-order valence-corrected chi connectivity index (χ1v) is 6.91. The summed E-state index contributed by atoms with van der Waals surface area (Å²) in [5.41, 5.74) is 1.58. The summed E-state index contributed by atoms with van der Waals surface area (Å²) >= 11 is 6.17. The van der Waals surface area contributed by atoms with Crippen LogP contribution < -0.4 is 4.74 Å². The van der Waals surface area contributed by atoms with E-state index in [4.69, 9.17) is 21.1 Å². The lowest BCUT2D eigenvalue weighted by atomic mass is 10.1. The lowest BCUT2D eigenvalue weighted by Gasteiger charge is -2.10. The van der Waals surface area contributed by atoms with Gasteiger partial charge in [0.1, 0.15) is 11.4 Å². The van der Waals surface area contributed by atoms with Gasteiger partial charge < -0.3 is 9.47 Å². The highest BCUT2D eigenvalue weighted by atomic mass is 35.5. The minimum Gasteiger partial charge on any atom is -0.497 e. The maximum Gasteiger partial charge on any atom is 0.357 e. The standard InChI is InChI=1S/C16H16ClNO3/c1-10(2)21-16(19)14-9-8-13(17)15(18-14)11-4-6-12(20-3)7-5-11/h4-10H,1-3H3. The highest BCUT2D eigenvalue weighted by Gasteiger charge is 2.14. The number of rotatable bonds is 4. The summed E-state index contributed by atoms with van der Waals surface area (Å²) in [6, 6.07) is 10.5. The monoisotopic (exact) mass is 305 g/mol. The van der Waals surface area contributed by atoms with Crippen molar-refractivity contribution in [3.8, 4) is 17.0 Å². The van der Waals surface area contributed by atoms with Crippen molar-refractivity contribution < 1.29 is 14.3 Å². The Morgan fingerprint density at radius 2 is 1.81 bits per heavy atom. The zero-order valence-corrected chi connectivity index (χ0v) is 12.8. The van der Waals surface area contributed by atoms with Gasteiger partial charge in [-0.3, -0.25) is 0 Å². The van der Waals surface area contributed by atoms with Gasteiger partial charge in [-0.05, 0) is 50.2 Å². The Kier molecular flexibility index (Phi) is 4.81. The van der Waals surface area contributed by atoms with Gasteiger partial charge in [-0.15, -0.1) is 0 Å². The van der Waals surface area contributed by atoms with Gasteiger partial charge in [-0.1, -0.05) is 11.6 Å². The van der Waals surface area contributed by atoms with Crippen molar-refractivity contribution in [3.63, 3.8) is 0 Å². The molecule has 0 aliphatic carbocycles. The van der Waals surface area contributed by atoms with Gasteiger partial charge >= 0.3 is 5.97 Å². The van der Waals surface area contributed by atoms with E-state index in [0.29, 0.717) is 10.7 Å². The number of benzene rings is 1. The normalized spacial score (nSPS) is 10.5. The van der Waals surface area contributed by atoms with Crippen LogP contribution in [-0.2, 0) is 4.74 Å². The summed E-state index contributed by atoms with van der Waals surface area (Å²) in [7, 11) is 1.60. The van der Waals surface area contributed by atoms with E-state index in [1.807, 2.05) is 24.3 Å². The number of halogens is 1. The van der Waals surface area contributed by atoms with E-state index in [-0.39, 0.29) is 11.8 Å². The maximum atomic E-state index is 11.9. The number of aromatic nitrogens is 1. The van der Waals surface area contributed by atoms with Crippen molar-refractivity contribution in [3.05, 3.63) is 47.1 Å². The fraction of sp³-hybridized carbons (Fsp3) is 0.250. The van der Waals surface area contributed by atoms with Crippen LogP contribution in [0.25, 0.3) is 11.3 Å². The van der Waals surface area contributed by atoms with Crippen molar-refractivity contribution in [2.24, 2.45) is 0 Å². The minimum absolute atomic E-state index is 0.195. The smallest absolute Gasteiger partial charge is 0.357 e. The number of hydrogen-bond donors (Lipinski definition) is 0. The molecule has 21 heavy (non-hydrogen) atoms. The van der Waals surface area contributed by atoms with E-state index in [1.165, 1.54) is 0 Å². The van der Waals surface area contributed by atoms with Crippen molar-refractivity contribution in [2.45, 2.75) is 20.0 Å². The first-order chi connectivity index (χ1) is 10.0. The third kappa shape index (κ3) is 3.73. The van der Waals surface area contributed by atoms with Crippen LogP contribution in [0.5, 0.6) is 5.75 Å². The predicted molar refractivity (Wildman–Crippen MR) is 81.8 cm³/mol. The molecule has 0 unspecified atom stereocenters. The van der Waals surface area contributed by atoms with Gasteiger partial charge in [0, 0.05) is 5.56 Å². The zero-order chi connectivity index (χ0) is 15.4. The molecule has 2 aromatic rings. The van der Waals surface area contributed by atoms with E-state index in [9.17, 15) is 4.79 Å². The van der Waals surface area contributed by atoms with E-state index in [1.54, 1.807) is 33.1 Å². The second-order valence-electron chi connectivity index (χ2n) is 4.71. The number of carbonyl (C=O) groups excluding carboxylic acids is 1. The fourth-order valence-electron chi connectivity index (χ4n) is 1.78. The molecule has 0 saturated heterocycles. The van der Waals surface area contributed by atoms with Gasteiger partial charge in [0.05, 0.1) is 23.9 Å². The Morgan fingerprint density at radius 3 is 2.38 bits per heavy atom. The molecular formula is C16H16ClNO3. The zero-order valence-electron chi connectivity index (χ0n) is 12.1. The Labute approximate surface area is 128 Å². The average Bonchev–Trinajstić information content (AvgIpc) is 2.47. The minimum atomic E-state index is -0.462. The number of ether oxygens (including phenoxy) is 2. The molecule has 110 valence electrons. The number of methoxy groups -OCH3 is 1. The van der Waals surface area contributed by atoms with Crippen molar-refractivity contribution in [1.29, 1.82) is 0 Å². The van der Waals surface area contributed by atoms with Crippen LogP contribution in [-0.4, -0.2) is 24.2 Å². The molecule has 2 rings (SSSR count). The molecule has 0 spiro atoms. The van der Waals surface area contributed by atoms with Crippen LogP contribution in [0.1, 0.15) is 24.3 Å². The second kappa shape index (κ2) is 6.59. The van der Waals surface area contributed by atoms with Crippen LogP contribution in [0.2, 0.25) is 5.02 Å². The molecule has 0 amide bonds. The van der Waals surface area contributed by atoms with Gasteiger partial charge in [0.2, 0.25) is 0 Å². The molecule has 4 nitrogen and oxygen atoms in total. The fourth-order valence-corrected chi connectivity index (χ4v) is 2.00. The lowest BCUT2D eigenvalue weighted by Crippen LogP contribution is -2.13. The van der Waals surface area contributed by atoms with Crippen LogP contribution in [0, 0.1) is 0 Å². The summed E-state index contributed by atoms with van der Waals surface area (Å²) in [4.78, 5) is 16.2. The van der Waals surface area contributed by atoms with E-state index in [0.717, 1.165) is 11.3 Å². The number of hydrogen-bond acceptors (Lipinski definition) is 4. The quantitative estimate of drug-likeness (QED) is 0.802. The molecule has 0 radical (unpaired) electrons. The first-order valence-electron chi connectivity index (χ1n) is 6.53. The molecule has 0 fully saturated rings. The Hall–Kier alpha value is -2.07. The highest BCUT2D eigenvalue weighted by Crippen LogP contribution is 2.27. The topological polar surface area (TPSA) is 48.4 Å². The molecule has 0 aliphatic rings. The summed E-state index contributed by atoms with van der Waals surface area (Å²) in [5.74, 6) is 0.279. The van der Waals surface area contributed by atoms with Crippen molar-refractivity contribution in [1.82, 2.24) is 4.98 Å². The first kappa shape index (κ1) is 15.3. The van der Waals surface area contributed by atoms with Crippen molar-refractivity contribution >= 4 is 17.6 Å². The molecule has 1 heterocycles. The number of pyridine rings is 1. The van der Waals surface area contributed by atoms with Gasteiger partial charge in [0.15, 0.2) is 0 Å². The Morgan fingerprint density at radius 1 is 1.14 bits per heavy atom. The lowest BCUT2D eigenvalue weighted by molar-refractivity contribution is 0.0371. The SMILES string of the molecule is COc1ccc(-c2nc(C(=O)OC(C)C)ccc2Cl)cc1. The molecule has 1 aromatic heterocycles. The Bertz CT molecular complexity index is 638. The molecule has 0 atom stereocenters. The largest absolute Gasteiger partial charge is 0.497 e. The third-order valence-electron chi connectivity index (χ3n) is 2.76. The van der Waals surface area contributed by atoms with Crippen LogP contribution >= 0.6 is 11.6 Å². The molecule has 5 heteroatoms. The average molecular weight is 306 g/mol. The van der Waals surface area contributed by atoms with Gasteiger partial charge in [-0.2, -0.15) is 0 Å². The highest BCUT2D eigenvalue weighted by molar-refractivity contribution is 6.33. The van der Waals surface area contributed by atoms with Gasteiger partial charge in [-0.25, -0.2) is 9.78 Å². The van der Waals surface area contributed by atoms with Crippen LogP contribution in [0.4, 0.5) is 0 Å². The molecule has 1 aromatic carbocycles. The van der Waals surface area contributed by atoms with E-state index in [2.05, 4.69) is 4.98 Å². The van der Waals surface area contributed by atoms with Crippen LogP contribution in [0.3, 0.4) is 0 Å². The summed E-state index contributed by atoms with van der Waals surface area (Å²) in [6.07, 6.45) is -0.195. The molecular weight excluding hydrogens is 290 g/mol. The maximum absolute atomic E-state index is 11.9. The van der Waals surface area contributed by atoms with Crippen molar-refractivity contribution in [2.75, 3.05) is 7.11 Å². The number of nitrogens with zero attached hydrogens (tertiary/aromatic N) is 1. The third-order valence-corrected chi connectivity index (χ3v) is 3.07. The molecule has 0 aliphatic heterocycles. The molecule has 0 bridgehead atoms. The van der Waals surface area contributed by atoms with Gasteiger partial charge in [0.25, 0.3) is 0 Å².